The van der Waals surface area contributed by atoms with Gasteiger partial charge in [0.25, 0.3) is 0 Å². The molecule has 0 bridgehead atoms. The topological polar surface area (TPSA) is 46.2 Å². The summed E-state index contributed by atoms with van der Waals surface area (Å²) in [5, 5.41) is 0.164. The molecule has 0 fully saturated rings. The van der Waals surface area contributed by atoms with Crippen LogP contribution in [-0.2, 0) is 10.0 Å². The molecule has 118 valence electrons. The van der Waals surface area contributed by atoms with E-state index in [4.69, 9.17) is 11.6 Å². The third-order valence-electron chi connectivity index (χ3n) is 3.30. The van der Waals surface area contributed by atoms with Crippen molar-refractivity contribution in [3.63, 3.8) is 0 Å². The first kappa shape index (κ1) is 16.9. The number of hydrogen-bond acceptors (Lipinski definition) is 2. The van der Waals surface area contributed by atoms with E-state index in [1.54, 1.807) is 24.3 Å². The van der Waals surface area contributed by atoms with E-state index >= 15 is 0 Å². The van der Waals surface area contributed by atoms with Crippen molar-refractivity contribution in [3.05, 3.63) is 64.9 Å². The Morgan fingerprint density at radius 3 is 2.18 bits per heavy atom. The predicted octanol–water partition coefficient (Wildman–Crippen LogP) is 4.15. The van der Waals surface area contributed by atoms with Crippen LogP contribution in [0, 0.1) is 11.7 Å². The van der Waals surface area contributed by atoms with E-state index < -0.39 is 16.1 Å². The van der Waals surface area contributed by atoms with Crippen LogP contribution in [0.5, 0.6) is 0 Å². The first-order valence-electron chi connectivity index (χ1n) is 6.83. The Kier molecular flexibility index (Phi) is 5.21. The number of benzene rings is 2. The highest BCUT2D eigenvalue weighted by molar-refractivity contribution is 7.89. The normalized spacial score (nSPS) is 13.3. The Labute approximate surface area is 135 Å². The molecule has 0 spiro atoms. The van der Waals surface area contributed by atoms with Crippen LogP contribution in [0.3, 0.4) is 0 Å². The van der Waals surface area contributed by atoms with Gasteiger partial charge in [0, 0.05) is 6.04 Å². The molecule has 0 saturated carbocycles. The van der Waals surface area contributed by atoms with Gasteiger partial charge in [0.2, 0.25) is 10.0 Å². The molecular formula is C16H17ClFNO2S. The molecule has 1 atom stereocenters. The van der Waals surface area contributed by atoms with Crippen LogP contribution in [0.4, 0.5) is 4.39 Å². The summed E-state index contributed by atoms with van der Waals surface area (Å²) in [6.45, 7) is 3.78. The summed E-state index contributed by atoms with van der Waals surface area (Å²) in [6, 6.07) is 11.6. The molecule has 0 aliphatic rings. The predicted molar refractivity (Wildman–Crippen MR) is 85.8 cm³/mol. The lowest BCUT2D eigenvalue weighted by atomic mass is 9.97. The lowest BCUT2D eigenvalue weighted by Gasteiger charge is -2.23. The van der Waals surface area contributed by atoms with E-state index in [0.29, 0.717) is 5.56 Å². The second-order valence-corrected chi connectivity index (χ2v) is 7.41. The average Bonchev–Trinajstić information content (AvgIpc) is 2.46. The van der Waals surface area contributed by atoms with Crippen molar-refractivity contribution >= 4 is 21.6 Å². The maximum atomic E-state index is 13.1. The van der Waals surface area contributed by atoms with Crippen molar-refractivity contribution in [2.75, 3.05) is 0 Å². The summed E-state index contributed by atoms with van der Waals surface area (Å²) in [4.78, 5) is 0.0319. The molecule has 0 amide bonds. The minimum atomic E-state index is -3.77. The monoisotopic (exact) mass is 341 g/mol. The van der Waals surface area contributed by atoms with E-state index in [1.807, 2.05) is 13.8 Å². The molecule has 6 heteroatoms. The van der Waals surface area contributed by atoms with Gasteiger partial charge in [-0.2, -0.15) is 0 Å². The average molecular weight is 342 g/mol. The van der Waals surface area contributed by atoms with E-state index in [1.165, 1.54) is 24.3 Å². The highest BCUT2D eigenvalue weighted by Crippen LogP contribution is 2.27. The first-order valence-corrected chi connectivity index (χ1v) is 8.69. The molecule has 22 heavy (non-hydrogen) atoms. The van der Waals surface area contributed by atoms with Crippen LogP contribution in [0.2, 0.25) is 5.02 Å². The van der Waals surface area contributed by atoms with E-state index in [0.717, 1.165) is 0 Å². The smallest absolute Gasteiger partial charge is 0.207 e. The molecule has 0 aliphatic carbocycles. The largest absolute Gasteiger partial charge is 0.242 e. The third-order valence-corrected chi connectivity index (χ3v) is 5.24. The molecule has 1 unspecified atom stereocenters. The Balaban J connectivity index is 2.36. The van der Waals surface area contributed by atoms with Crippen LogP contribution in [0.25, 0.3) is 0 Å². The van der Waals surface area contributed by atoms with Crippen molar-refractivity contribution in [2.45, 2.75) is 24.8 Å². The highest BCUT2D eigenvalue weighted by Gasteiger charge is 2.25. The molecule has 2 aromatic carbocycles. The van der Waals surface area contributed by atoms with E-state index in [-0.39, 0.29) is 21.7 Å². The van der Waals surface area contributed by atoms with Crippen molar-refractivity contribution < 1.29 is 12.8 Å². The zero-order chi connectivity index (χ0) is 16.3. The van der Waals surface area contributed by atoms with Crippen LogP contribution >= 0.6 is 11.6 Å². The minimum Gasteiger partial charge on any atom is -0.207 e. The van der Waals surface area contributed by atoms with Gasteiger partial charge in [-0.25, -0.2) is 17.5 Å². The lowest BCUT2D eigenvalue weighted by molar-refractivity contribution is 0.462. The quantitative estimate of drug-likeness (QED) is 0.887. The molecule has 2 rings (SSSR count). The van der Waals surface area contributed by atoms with Gasteiger partial charge in [0.1, 0.15) is 10.7 Å². The maximum absolute atomic E-state index is 13.1. The molecule has 0 saturated heterocycles. The lowest BCUT2D eigenvalue weighted by Crippen LogP contribution is -2.32. The van der Waals surface area contributed by atoms with Crippen LogP contribution < -0.4 is 4.72 Å². The second-order valence-electron chi connectivity index (χ2n) is 5.32. The molecule has 2 aromatic rings. The second kappa shape index (κ2) is 6.77. The summed E-state index contributed by atoms with van der Waals surface area (Å²) in [6.07, 6.45) is 0. The van der Waals surface area contributed by atoms with Gasteiger partial charge in [-0.15, -0.1) is 0 Å². The minimum absolute atomic E-state index is 0.0114. The number of rotatable bonds is 5. The van der Waals surface area contributed by atoms with Crippen molar-refractivity contribution in [1.29, 1.82) is 0 Å². The molecule has 0 radical (unpaired) electrons. The standard InChI is InChI=1S/C16H17ClFNO2S/c1-11(2)16(12-7-9-13(18)10-8-12)19-22(20,21)15-6-4-3-5-14(15)17/h3-11,16,19H,1-2H3. The molecule has 0 aromatic heterocycles. The summed E-state index contributed by atoms with van der Waals surface area (Å²) in [5.74, 6) is -0.372. The highest BCUT2D eigenvalue weighted by atomic mass is 35.5. The van der Waals surface area contributed by atoms with Gasteiger partial charge < -0.3 is 0 Å². The number of halogens is 2. The first-order chi connectivity index (χ1) is 10.3. The summed E-state index contributed by atoms with van der Waals surface area (Å²) < 4.78 is 40.8. The van der Waals surface area contributed by atoms with Gasteiger partial charge in [-0.05, 0) is 35.7 Å². The third kappa shape index (κ3) is 3.85. The Morgan fingerprint density at radius 2 is 1.64 bits per heavy atom. The number of nitrogens with one attached hydrogen (secondary N) is 1. The van der Waals surface area contributed by atoms with E-state index in [2.05, 4.69) is 4.72 Å². The molecular weight excluding hydrogens is 325 g/mol. The fraction of sp³-hybridized carbons (Fsp3) is 0.250. The zero-order valence-corrected chi connectivity index (χ0v) is 13.8. The Morgan fingerprint density at radius 1 is 1.05 bits per heavy atom. The van der Waals surface area contributed by atoms with Crippen LogP contribution in [0.15, 0.2) is 53.4 Å². The summed E-state index contributed by atoms with van der Waals surface area (Å²) in [5.41, 5.74) is 0.701. The molecule has 1 N–H and O–H groups in total. The van der Waals surface area contributed by atoms with Gasteiger partial charge in [0.05, 0.1) is 5.02 Å². The SMILES string of the molecule is CC(C)C(NS(=O)(=O)c1ccccc1Cl)c1ccc(F)cc1. The summed E-state index contributed by atoms with van der Waals surface area (Å²) >= 11 is 5.97. The van der Waals surface area contributed by atoms with Crippen LogP contribution in [-0.4, -0.2) is 8.42 Å². The number of sulfonamides is 1. The van der Waals surface area contributed by atoms with E-state index in [9.17, 15) is 12.8 Å². The van der Waals surface area contributed by atoms with Gasteiger partial charge in [-0.1, -0.05) is 49.7 Å². The van der Waals surface area contributed by atoms with Crippen LogP contribution in [0.1, 0.15) is 25.5 Å². The molecule has 3 nitrogen and oxygen atoms in total. The molecule has 0 aliphatic heterocycles. The Hall–Kier alpha value is -1.43. The van der Waals surface area contributed by atoms with Gasteiger partial charge in [0.15, 0.2) is 0 Å². The fourth-order valence-electron chi connectivity index (χ4n) is 2.15. The fourth-order valence-corrected chi connectivity index (χ4v) is 4.04. The maximum Gasteiger partial charge on any atom is 0.242 e. The van der Waals surface area contributed by atoms with Crippen molar-refractivity contribution in [3.8, 4) is 0 Å². The number of hydrogen-bond donors (Lipinski definition) is 1. The van der Waals surface area contributed by atoms with Gasteiger partial charge in [-0.3, -0.25) is 0 Å². The van der Waals surface area contributed by atoms with Crippen molar-refractivity contribution in [2.24, 2.45) is 5.92 Å². The summed E-state index contributed by atoms with van der Waals surface area (Å²) in [7, 11) is -3.77. The Bertz CT molecular complexity index is 745. The molecule has 0 heterocycles. The van der Waals surface area contributed by atoms with Crippen molar-refractivity contribution in [1.82, 2.24) is 4.72 Å². The van der Waals surface area contributed by atoms with Gasteiger partial charge >= 0.3 is 0 Å². The zero-order valence-electron chi connectivity index (χ0n) is 12.3.